The summed E-state index contributed by atoms with van der Waals surface area (Å²) in [5.74, 6) is 0.965. The Balaban J connectivity index is 1.31. The molecule has 1 saturated carbocycles. The van der Waals surface area contributed by atoms with E-state index in [-0.39, 0.29) is 17.9 Å². The van der Waals surface area contributed by atoms with E-state index in [2.05, 4.69) is 26.4 Å². The predicted molar refractivity (Wildman–Crippen MR) is 149 cm³/mol. The number of nitrogens with zero attached hydrogens (tertiary/aromatic N) is 4. The van der Waals surface area contributed by atoms with Gasteiger partial charge in [-0.2, -0.15) is 0 Å². The summed E-state index contributed by atoms with van der Waals surface area (Å²) in [6, 6.07) is 16.8. The van der Waals surface area contributed by atoms with Gasteiger partial charge in [-0.3, -0.25) is 9.59 Å². The predicted octanol–water partition coefficient (Wildman–Crippen LogP) is 5.18. The van der Waals surface area contributed by atoms with Gasteiger partial charge in [-0.15, -0.1) is 0 Å². The summed E-state index contributed by atoms with van der Waals surface area (Å²) >= 11 is 7.09. The number of anilines is 2. The van der Waals surface area contributed by atoms with Crippen LogP contribution in [0.5, 0.6) is 0 Å². The van der Waals surface area contributed by atoms with Crippen LogP contribution in [-0.4, -0.2) is 44.3 Å². The molecule has 2 amide bonds. The van der Waals surface area contributed by atoms with Gasteiger partial charge >= 0.3 is 0 Å². The molecule has 3 N–H and O–H groups in total. The van der Waals surface area contributed by atoms with Gasteiger partial charge in [0, 0.05) is 35.9 Å². The summed E-state index contributed by atoms with van der Waals surface area (Å²) in [5.41, 5.74) is 9.91. The highest BCUT2D eigenvalue weighted by Crippen LogP contribution is 2.49. The van der Waals surface area contributed by atoms with Gasteiger partial charge in [-0.25, -0.2) is 9.97 Å². The highest BCUT2D eigenvalue weighted by atomic mass is 35.5. The zero-order valence-electron chi connectivity index (χ0n) is 20.7. The number of para-hydroxylation sites is 1. The Kier molecular flexibility index (Phi) is 6.12. The molecule has 0 spiro atoms. The van der Waals surface area contributed by atoms with E-state index in [1.54, 1.807) is 12.1 Å². The van der Waals surface area contributed by atoms with Crippen molar-refractivity contribution in [3.8, 4) is 11.1 Å². The molecule has 2 aromatic heterocycles. The Morgan fingerprint density at radius 1 is 1.03 bits per heavy atom. The third-order valence-corrected chi connectivity index (χ3v) is 8.17. The van der Waals surface area contributed by atoms with E-state index in [0.29, 0.717) is 39.4 Å². The molecule has 1 aliphatic heterocycles. The van der Waals surface area contributed by atoms with Gasteiger partial charge < -0.3 is 20.5 Å². The van der Waals surface area contributed by atoms with Crippen LogP contribution in [0.1, 0.15) is 29.2 Å². The number of fused-ring (bicyclic) bond motifs is 2. The van der Waals surface area contributed by atoms with Gasteiger partial charge in [0.15, 0.2) is 0 Å². The number of rotatable bonds is 5. The lowest BCUT2D eigenvalue weighted by atomic mass is 10.0. The molecule has 2 aromatic carbocycles. The normalized spacial score (nSPS) is 20.4. The molecule has 0 radical (unpaired) electrons. The first-order valence-corrected chi connectivity index (χ1v) is 13.0. The number of benzene rings is 2. The van der Waals surface area contributed by atoms with E-state index in [1.165, 1.54) is 12.4 Å². The standard InChI is InChI=1S/C29H27ClN6O2/c1-2-23(37)35-14-19-12-22(13-20(19)15-35)36-26(30)24(25-27(31)32-16-33-28(25)36)17-8-10-18(11-9-17)29(38)34-21-6-4-3-5-7-21/h2-11,16,19-20,22H,1,12-15H2,(H,34,38)(H2,31,32,33). The topological polar surface area (TPSA) is 106 Å². The summed E-state index contributed by atoms with van der Waals surface area (Å²) in [4.78, 5) is 35.6. The Labute approximate surface area is 225 Å². The number of amides is 2. The van der Waals surface area contributed by atoms with Crippen molar-refractivity contribution < 1.29 is 9.59 Å². The molecule has 1 saturated heterocycles. The summed E-state index contributed by atoms with van der Waals surface area (Å²) < 4.78 is 2.08. The van der Waals surface area contributed by atoms with Crippen molar-refractivity contribution >= 4 is 46.0 Å². The van der Waals surface area contributed by atoms with Crippen LogP contribution in [0.15, 0.2) is 73.6 Å². The number of hydrogen-bond donors (Lipinski definition) is 2. The van der Waals surface area contributed by atoms with Crippen LogP contribution in [-0.2, 0) is 4.79 Å². The fourth-order valence-corrected chi connectivity index (χ4v) is 6.45. The fourth-order valence-electron chi connectivity index (χ4n) is 6.03. The average Bonchev–Trinajstić information content (AvgIpc) is 3.59. The molecule has 6 rings (SSSR count). The number of carbonyl (C=O) groups excluding carboxylic acids is 2. The van der Waals surface area contributed by atoms with E-state index in [4.69, 9.17) is 17.3 Å². The SMILES string of the molecule is C=CC(=O)N1CC2CC(n3c(Cl)c(-c4ccc(C(=O)Nc5ccccc5)cc4)c4c(N)ncnc43)CC2C1. The van der Waals surface area contributed by atoms with Crippen molar-refractivity contribution in [3.63, 3.8) is 0 Å². The number of nitrogen functional groups attached to an aromatic ring is 1. The zero-order chi connectivity index (χ0) is 26.4. The highest BCUT2D eigenvalue weighted by molar-refractivity contribution is 6.35. The summed E-state index contributed by atoms with van der Waals surface area (Å²) in [6.45, 7) is 5.09. The molecule has 1 aliphatic carbocycles. The lowest BCUT2D eigenvalue weighted by Crippen LogP contribution is -2.28. The van der Waals surface area contributed by atoms with Crippen LogP contribution < -0.4 is 11.1 Å². The van der Waals surface area contributed by atoms with Crippen molar-refractivity contribution in [1.29, 1.82) is 0 Å². The molecule has 2 atom stereocenters. The Morgan fingerprint density at radius 3 is 2.37 bits per heavy atom. The number of likely N-dealkylation sites (tertiary alicyclic amines) is 1. The summed E-state index contributed by atoms with van der Waals surface area (Å²) in [6.07, 6.45) is 4.65. The van der Waals surface area contributed by atoms with E-state index in [9.17, 15) is 9.59 Å². The number of nitrogens with one attached hydrogen (secondary N) is 1. The molecule has 2 fully saturated rings. The minimum atomic E-state index is -0.194. The van der Waals surface area contributed by atoms with Crippen molar-refractivity contribution in [2.45, 2.75) is 18.9 Å². The van der Waals surface area contributed by atoms with Gasteiger partial charge in [-0.1, -0.05) is 48.5 Å². The molecule has 38 heavy (non-hydrogen) atoms. The van der Waals surface area contributed by atoms with E-state index < -0.39 is 0 Å². The molecule has 3 heterocycles. The minimum Gasteiger partial charge on any atom is -0.383 e. The fraction of sp³-hybridized carbons (Fsp3) is 0.241. The maximum atomic E-state index is 12.7. The van der Waals surface area contributed by atoms with Crippen LogP contribution in [0.2, 0.25) is 5.15 Å². The zero-order valence-corrected chi connectivity index (χ0v) is 21.4. The average molecular weight is 527 g/mol. The van der Waals surface area contributed by atoms with Crippen LogP contribution in [0.4, 0.5) is 11.5 Å². The first-order valence-electron chi connectivity index (χ1n) is 12.6. The number of aromatic nitrogens is 3. The molecule has 2 aliphatic rings. The summed E-state index contributed by atoms with van der Waals surface area (Å²) in [7, 11) is 0. The Bertz CT molecular complexity index is 1540. The smallest absolute Gasteiger partial charge is 0.255 e. The molecule has 8 nitrogen and oxygen atoms in total. The van der Waals surface area contributed by atoms with Crippen molar-refractivity contribution in [2.75, 3.05) is 24.1 Å². The van der Waals surface area contributed by atoms with Crippen molar-refractivity contribution in [2.24, 2.45) is 11.8 Å². The van der Waals surface area contributed by atoms with E-state index >= 15 is 0 Å². The number of hydrogen-bond acceptors (Lipinski definition) is 5. The number of carbonyl (C=O) groups is 2. The lowest BCUT2D eigenvalue weighted by molar-refractivity contribution is -0.125. The maximum absolute atomic E-state index is 12.7. The molecular weight excluding hydrogens is 500 g/mol. The third kappa shape index (κ3) is 4.11. The number of nitrogens with two attached hydrogens (primary N) is 1. The summed E-state index contributed by atoms with van der Waals surface area (Å²) in [5, 5.41) is 4.16. The Hall–Kier alpha value is -4.17. The lowest BCUT2D eigenvalue weighted by Gasteiger charge is -2.20. The molecule has 192 valence electrons. The minimum absolute atomic E-state index is 0.0101. The second kappa shape index (κ2) is 9.61. The van der Waals surface area contributed by atoms with E-state index in [0.717, 1.165) is 42.7 Å². The van der Waals surface area contributed by atoms with Crippen LogP contribution >= 0.6 is 11.6 Å². The molecule has 0 bridgehead atoms. The maximum Gasteiger partial charge on any atom is 0.255 e. The largest absolute Gasteiger partial charge is 0.383 e. The molecule has 2 unspecified atom stereocenters. The van der Waals surface area contributed by atoms with Crippen LogP contribution in [0.3, 0.4) is 0 Å². The first-order chi connectivity index (χ1) is 18.4. The van der Waals surface area contributed by atoms with Gasteiger partial charge in [0.1, 0.15) is 22.9 Å². The first kappa shape index (κ1) is 24.2. The van der Waals surface area contributed by atoms with Crippen LogP contribution in [0, 0.1) is 11.8 Å². The highest BCUT2D eigenvalue weighted by Gasteiger charge is 2.43. The van der Waals surface area contributed by atoms with Crippen molar-refractivity contribution in [3.05, 3.63) is 84.3 Å². The quantitative estimate of drug-likeness (QED) is 0.348. The van der Waals surface area contributed by atoms with Gasteiger partial charge in [0.2, 0.25) is 5.91 Å². The second-order valence-corrected chi connectivity index (χ2v) is 10.3. The van der Waals surface area contributed by atoms with Gasteiger partial charge in [0.25, 0.3) is 5.91 Å². The van der Waals surface area contributed by atoms with E-state index in [1.807, 2.05) is 47.4 Å². The number of halogens is 1. The van der Waals surface area contributed by atoms with Crippen LogP contribution in [0.25, 0.3) is 22.2 Å². The second-order valence-electron chi connectivity index (χ2n) is 9.98. The molecule has 9 heteroatoms. The monoisotopic (exact) mass is 526 g/mol. The van der Waals surface area contributed by atoms with Crippen molar-refractivity contribution in [1.82, 2.24) is 19.4 Å². The van der Waals surface area contributed by atoms with Gasteiger partial charge in [0.05, 0.1) is 5.39 Å². The van der Waals surface area contributed by atoms with Gasteiger partial charge in [-0.05, 0) is 60.6 Å². The third-order valence-electron chi connectivity index (χ3n) is 7.80. The molecule has 4 aromatic rings. The molecular formula is C29H27ClN6O2. The Morgan fingerprint density at radius 2 is 1.71 bits per heavy atom.